The van der Waals surface area contributed by atoms with Crippen LogP contribution in [0.15, 0.2) is 0 Å². The van der Waals surface area contributed by atoms with Crippen molar-refractivity contribution < 1.29 is 14.3 Å². The lowest BCUT2D eigenvalue weighted by atomic mass is 9.79. The fourth-order valence-electron chi connectivity index (χ4n) is 2.85. The lowest BCUT2D eigenvalue weighted by molar-refractivity contribution is -0.138. The van der Waals surface area contributed by atoms with Crippen LogP contribution in [-0.2, 0) is 14.3 Å². The molecule has 1 fully saturated rings. The Hall–Kier alpha value is -0.650. The molecule has 0 radical (unpaired) electrons. The molecule has 2 N–H and O–H groups in total. The van der Waals surface area contributed by atoms with Crippen molar-refractivity contribution in [2.75, 3.05) is 40.5 Å². The zero-order chi connectivity index (χ0) is 14.3. The highest BCUT2D eigenvalue weighted by molar-refractivity contribution is 5.79. The molecule has 1 aliphatic carbocycles. The number of hydrogen-bond acceptors (Lipinski definition) is 4. The summed E-state index contributed by atoms with van der Waals surface area (Å²) in [5, 5.41) is 0. The highest BCUT2D eigenvalue weighted by Crippen LogP contribution is 2.29. The monoisotopic (exact) mass is 272 g/mol. The molecule has 3 atom stereocenters. The summed E-state index contributed by atoms with van der Waals surface area (Å²) in [6.07, 6.45) is 2.78. The van der Waals surface area contributed by atoms with Crippen LogP contribution in [0.5, 0.6) is 0 Å². The molecule has 5 heteroatoms. The molecule has 0 bridgehead atoms. The Labute approximate surface area is 116 Å². The van der Waals surface area contributed by atoms with Gasteiger partial charge in [0.05, 0.1) is 13.2 Å². The first-order valence-corrected chi connectivity index (χ1v) is 7.10. The molecule has 0 aromatic rings. The maximum atomic E-state index is 12.6. The van der Waals surface area contributed by atoms with Crippen LogP contribution in [0.25, 0.3) is 0 Å². The molecule has 0 heterocycles. The fraction of sp³-hybridized carbons (Fsp3) is 0.929. The third-order valence-electron chi connectivity index (χ3n) is 3.77. The van der Waals surface area contributed by atoms with Gasteiger partial charge in [0, 0.05) is 39.3 Å². The summed E-state index contributed by atoms with van der Waals surface area (Å²) in [7, 11) is 3.30. The number of amides is 1. The normalized spacial score (nSPS) is 27.3. The smallest absolute Gasteiger partial charge is 0.225 e. The van der Waals surface area contributed by atoms with E-state index in [9.17, 15) is 4.79 Å². The van der Waals surface area contributed by atoms with E-state index in [0.29, 0.717) is 32.2 Å². The first kappa shape index (κ1) is 16.4. The van der Waals surface area contributed by atoms with Gasteiger partial charge in [0.15, 0.2) is 0 Å². The van der Waals surface area contributed by atoms with Crippen molar-refractivity contribution in [3.8, 4) is 0 Å². The van der Waals surface area contributed by atoms with Crippen LogP contribution in [0.1, 0.15) is 26.2 Å². The molecule has 3 unspecified atom stereocenters. The highest BCUT2D eigenvalue weighted by Gasteiger charge is 2.31. The predicted molar refractivity (Wildman–Crippen MR) is 74.8 cm³/mol. The Kier molecular flexibility index (Phi) is 7.34. The van der Waals surface area contributed by atoms with Crippen molar-refractivity contribution in [2.45, 2.75) is 32.2 Å². The summed E-state index contributed by atoms with van der Waals surface area (Å²) >= 11 is 0. The number of carbonyl (C=O) groups is 1. The van der Waals surface area contributed by atoms with E-state index in [-0.39, 0.29) is 17.9 Å². The minimum Gasteiger partial charge on any atom is -0.383 e. The van der Waals surface area contributed by atoms with Crippen molar-refractivity contribution in [2.24, 2.45) is 17.6 Å². The van der Waals surface area contributed by atoms with E-state index < -0.39 is 0 Å². The fourth-order valence-corrected chi connectivity index (χ4v) is 2.85. The van der Waals surface area contributed by atoms with Gasteiger partial charge >= 0.3 is 0 Å². The average molecular weight is 272 g/mol. The average Bonchev–Trinajstić information content (AvgIpc) is 2.37. The van der Waals surface area contributed by atoms with Crippen LogP contribution in [0.2, 0.25) is 0 Å². The van der Waals surface area contributed by atoms with Crippen LogP contribution in [-0.4, -0.2) is 57.4 Å². The maximum Gasteiger partial charge on any atom is 0.225 e. The van der Waals surface area contributed by atoms with Crippen LogP contribution in [0.4, 0.5) is 0 Å². The number of carbonyl (C=O) groups excluding carboxylic acids is 1. The van der Waals surface area contributed by atoms with Gasteiger partial charge in [-0.25, -0.2) is 0 Å². The quantitative estimate of drug-likeness (QED) is 0.747. The molecular weight excluding hydrogens is 244 g/mol. The van der Waals surface area contributed by atoms with Gasteiger partial charge in [-0.2, -0.15) is 0 Å². The molecule has 0 aromatic carbocycles. The van der Waals surface area contributed by atoms with E-state index >= 15 is 0 Å². The molecule has 5 nitrogen and oxygen atoms in total. The molecule has 0 saturated heterocycles. The standard InChI is InChI=1S/C14H28N2O3/c1-11-8-12(10-13(15)9-11)14(17)16(4-6-18-2)5-7-19-3/h11-13H,4-10,15H2,1-3H3. The van der Waals surface area contributed by atoms with Gasteiger partial charge in [-0.05, 0) is 25.2 Å². The summed E-state index contributed by atoms with van der Waals surface area (Å²) < 4.78 is 10.1. The Morgan fingerprint density at radius 3 is 2.21 bits per heavy atom. The summed E-state index contributed by atoms with van der Waals surface area (Å²) in [6.45, 7) is 4.54. The summed E-state index contributed by atoms with van der Waals surface area (Å²) in [4.78, 5) is 14.4. The topological polar surface area (TPSA) is 64.8 Å². The maximum absolute atomic E-state index is 12.6. The van der Waals surface area contributed by atoms with Crippen LogP contribution < -0.4 is 5.73 Å². The molecule has 1 amide bonds. The van der Waals surface area contributed by atoms with Gasteiger partial charge in [0.1, 0.15) is 0 Å². The first-order valence-electron chi connectivity index (χ1n) is 7.10. The zero-order valence-electron chi connectivity index (χ0n) is 12.4. The Morgan fingerprint density at radius 2 is 1.74 bits per heavy atom. The van der Waals surface area contributed by atoms with E-state index in [1.807, 2.05) is 4.90 Å². The second kappa shape index (κ2) is 8.51. The number of nitrogens with two attached hydrogens (primary N) is 1. The molecule has 0 aliphatic heterocycles. The van der Waals surface area contributed by atoms with Gasteiger partial charge in [-0.3, -0.25) is 4.79 Å². The molecule has 0 spiro atoms. The van der Waals surface area contributed by atoms with Crippen molar-refractivity contribution in [1.82, 2.24) is 4.90 Å². The Bertz CT molecular complexity index is 255. The summed E-state index contributed by atoms with van der Waals surface area (Å²) in [5.41, 5.74) is 6.03. The third kappa shape index (κ3) is 5.47. The third-order valence-corrected chi connectivity index (χ3v) is 3.77. The molecule has 1 aliphatic rings. The molecule has 1 rings (SSSR count). The van der Waals surface area contributed by atoms with E-state index in [2.05, 4.69) is 6.92 Å². The van der Waals surface area contributed by atoms with Crippen molar-refractivity contribution in [3.05, 3.63) is 0 Å². The Balaban J connectivity index is 2.57. The largest absolute Gasteiger partial charge is 0.383 e. The van der Waals surface area contributed by atoms with Crippen molar-refractivity contribution >= 4 is 5.91 Å². The highest BCUT2D eigenvalue weighted by atomic mass is 16.5. The number of methoxy groups -OCH3 is 2. The van der Waals surface area contributed by atoms with E-state index in [1.165, 1.54) is 0 Å². The Morgan fingerprint density at radius 1 is 1.16 bits per heavy atom. The number of nitrogens with zero attached hydrogens (tertiary/aromatic N) is 1. The van der Waals surface area contributed by atoms with E-state index in [1.54, 1.807) is 14.2 Å². The van der Waals surface area contributed by atoms with Crippen LogP contribution in [0, 0.1) is 11.8 Å². The van der Waals surface area contributed by atoms with Crippen LogP contribution >= 0.6 is 0 Å². The zero-order valence-corrected chi connectivity index (χ0v) is 12.4. The predicted octanol–water partition coefficient (Wildman–Crippen LogP) is 0.871. The second-order valence-corrected chi connectivity index (χ2v) is 5.58. The lowest BCUT2D eigenvalue weighted by Crippen LogP contribution is -2.44. The van der Waals surface area contributed by atoms with Gasteiger partial charge < -0.3 is 20.1 Å². The number of hydrogen-bond donors (Lipinski definition) is 1. The minimum absolute atomic E-state index is 0.0625. The van der Waals surface area contributed by atoms with Gasteiger partial charge in [0.2, 0.25) is 5.91 Å². The van der Waals surface area contributed by atoms with Crippen molar-refractivity contribution in [1.29, 1.82) is 0 Å². The molecule has 1 saturated carbocycles. The number of rotatable bonds is 7. The molecular formula is C14H28N2O3. The van der Waals surface area contributed by atoms with Gasteiger partial charge in [-0.15, -0.1) is 0 Å². The van der Waals surface area contributed by atoms with Crippen LogP contribution in [0.3, 0.4) is 0 Å². The molecule has 19 heavy (non-hydrogen) atoms. The van der Waals surface area contributed by atoms with E-state index in [4.69, 9.17) is 15.2 Å². The molecule has 0 aromatic heterocycles. The summed E-state index contributed by atoms with van der Waals surface area (Å²) in [6, 6.07) is 0.157. The second-order valence-electron chi connectivity index (χ2n) is 5.58. The van der Waals surface area contributed by atoms with Gasteiger partial charge in [0.25, 0.3) is 0 Å². The molecule has 112 valence electrons. The summed E-state index contributed by atoms with van der Waals surface area (Å²) in [5.74, 6) is 0.799. The first-order chi connectivity index (χ1) is 9.08. The lowest BCUT2D eigenvalue weighted by Gasteiger charge is -2.34. The van der Waals surface area contributed by atoms with Crippen molar-refractivity contribution in [3.63, 3.8) is 0 Å². The number of ether oxygens (including phenoxy) is 2. The SMILES string of the molecule is COCCN(CCOC)C(=O)C1CC(C)CC(N)C1. The van der Waals surface area contributed by atoms with E-state index in [0.717, 1.165) is 19.3 Å². The minimum atomic E-state index is 0.0625. The van der Waals surface area contributed by atoms with Gasteiger partial charge in [-0.1, -0.05) is 6.92 Å².